The number of carbonyl (C=O) groups is 1. The van der Waals surface area contributed by atoms with Crippen molar-refractivity contribution in [3.63, 3.8) is 0 Å². The predicted molar refractivity (Wildman–Crippen MR) is 64.2 cm³/mol. The van der Waals surface area contributed by atoms with Gasteiger partial charge in [0.15, 0.2) is 4.88 Å². The van der Waals surface area contributed by atoms with Crippen molar-refractivity contribution in [3.05, 3.63) is 33.6 Å². The van der Waals surface area contributed by atoms with Crippen molar-refractivity contribution in [1.82, 2.24) is 8.94 Å². The van der Waals surface area contributed by atoms with Crippen LogP contribution in [0.25, 0.3) is 11.3 Å². The molecule has 0 saturated carbocycles. The van der Waals surface area contributed by atoms with Crippen LogP contribution in [-0.2, 0) is 7.05 Å². The third kappa shape index (κ3) is 1.92. The summed E-state index contributed by atoms with van der Waals surface area (Å²) in [6.07, 6.45) is 1.57. The highest BCUT2D eigenvalue weighted by Crippen LogP contribution is 2.29. The Morgan fingerprint density at radius 2 is 2.24 bits per heavy atom. The Morgan fingerprint density at radius 1 is 1.53 bits per heavy atom. The average Bonchev–Trinajstić information content (AvgIpc) is 2.64. The lowest BCUT2D eigenvalue weighted by Crippen LogP contribution is -2.14. The topological polar surface area (TPSA) is 98.2 Å². The van der Waals surface area contributed by atoms with Gasteiger partial charge in [-0.1, -0.05) is 0 Å². The summed E-state index contributed by atoms with van der Waals surface area (Å²) in [7, 11) is 1.60. The predicted octanol–water partition coefficient (Wildman–Crippen LogP) is 0.789. The van der Waals surface area contributed by atoms with Gasteiger partial charge in [0, 0.05) is 24.9 Å². The second-order valence-corrected chi connectivity index (χ2v) is 4.22. The van der Waals surface area contributed by atoms with Gasteiger partial charge in [0.25, 0.3) is 0 Å². The highest BCUT2D eigenvalue weighted by atomic mass is 32.1. The molecule has 0 bridgehead atoms. The summed E-state index contributed by atoms with van der Waals surface area (Å²) >= 11 is 0.827. The Bertz CT molecular complexity index is 644. The standard InChI is InChI=1S/C10H9N3O3S/c1-13-4-5(2-3-6(13)14)8-7(11)9(10(15)16)17-12-8/h2-4H,11H2,1H3,(H,15,16). The van der Waals surface area contributed by atoms with Gasteiger partial charge in [0.2, 0.25) is 5.56 Å². The number of aromatic carboxylic acids is 1. The number of carboxylic acids is 1. The second kappa shape index (κ2) is 4.02. The molecule has 3 N–H and O–H groups in total. The fraction of sp³-hybridized carbons (Fsp3) is 0.100. The summed E-state index contributed by atoms with van der Waals surface area (Å²) in [5, 5.41) is 8.86. The Kier molecular flexibility index (Phi) is 2.68. The normalized spacial score (nSPS) is 10.4. The third-order valence-electron chi connectivity index (χ3n) is 2.28. The Hall–Kier alpha value is -2.15. The quantitative estimate of drug-likeness (QED) is 0.822. The maximum absolute atomic E-state index is 11.2. The summed E-state index contributed by atoms with van der Waals surface area (Å²) in [6.45, 7) is 0. The molecule has 0 atom stereocenters. The molecule has 88 valence electrons. The second-order valence-electron chi connectivity index (χ2n) is 3.45. The average molecular weight is 251 g/mol. The number of nitrogen functional groups attached to an aromatic ring is 1. The van der Waals surface area contributed by atoms with Crippen molar-refractivity contribution < 1.29 is 9.90 Å². The number of rotatable bonds is 2. The number of nitrogens with two attached hydrogens (primary N) is 1. The largest absolute Gasteiger partial charge is 0.477 e. The molecule has 0 aromatic carbocycles. The molecule has 0 aliphatic carbocycles. The van der Waals surface area contributed by atoms with Crippen LogP contribution in [0.4, 0.5) is 5.69 Å². The SMILES string of the molecule is Cn1cc(-c2nsc(C(=O)O)c2N)ccc1=O. The van der Waals surface area contributed by atoms with Gasteiger partial charge in [-0.15, -0.1) is 0 Å². The van der Waals surface area contributed by atoms with Crippen molar-refractivity contribution in [3.8, 4) is 11.3 Å². The van der Waals surface area contributed by atoms with Gasteiger partial charge in [0.05, 0.1) is 5.69 Å². The first-order valence-electron chi connectivity index (χ1n) is 4.66. The number of pyridine rings is 1. The molecule has 0 saturated heterocycles. The van der Waals surface area contributed by atoms with E-state index in [1.54, 1.807) is 19.3 Å². The zero-order valence-electron chi connectivity index (χ0n) is 8.88. The van der Waals surface area contributed by atoms with E-state index in [4.69, 9.17) is 10.8 Å². The van der Waals surface area contributed by atoms with E-state index in [9.17, 15) is 9.59 Å². The Morgan fingerprint density at radius 3 is 2.76 bits per heavy atom. The van der Waals surface area contributed by atoms with Crippen LogP contribution in [-0.4, -0.2) is 20.0 Å². The van der Waals surface area contributed by atoms with Gasteiger partial charge in [-0.3, -0.25) is 4.79 Å². The van der Waals surface area contributed by atoms with Gasteiger partial charge in [0.1, 0.15) is 5.69 Å². The highest BCUT2D eigenvalue weighted by molar-refractivity contribution is 7.09. The lowest BCUT2D eigenvalue weighted by Gasteiger charge is -2.01. The minimum Gasteiger partial charge on any atom is -0.477 e. The van der Waals surface area contributed by atoms with E-state index in [-0.39, 0.29) is 16.1 Å². The van der Waals surface area contributed by atoms with E-state index in [2.05, 4.69) is 4.37 Å². The maximum atomic E-state index is 11.2. The number of hydrogen-bond acceptors (Lipinski definition) is 5. The van der Waals surface area contributed by atoms with Gasteiger partial charge < -0.3 is 15.4 Å². The van der Waals surface area contributed by atoms with Crippen molar-refractivity contribution >= 4 is 23.2 Å². The molecule has 2 rings (SSSR count). The summed E-state index contributed by atoms with van der Waals surface area (Å²) < 4.78 is 5.38. The number of carboxylic acid groups (broad SMARTS) is 1. The number of aromatic nitrogens is 2. The zero-order chi connectivity index (χ0) is 12.6. The van der Waals surface area contributed by atoms with Crippen LogP contribution in [0.2, 0.25) is 0 Å². The molecule has 0 amide bonds. The monoisotopic (exact) mass is 251 g/mol. The Labute approximate surface area is 100 Å². The van der Waals surface area contributed by atoms with Gasteiger partial charge in [-0.2, -0.15) is 4.37 Å². The van der Waals surface area contributed by atoms with Gasteiger partial charge in [-0.05, 0) is 17.6 Å². The highest BCUT2D eigenvalue weighted by Gasteiger charge is 2.17. The maximum Gasteiger partial charge on any atom is 0.349 e. The van der Waals surface area contributed by atoms with Gasteiger partial charge in [-0.25, -0.2) is 4.79 Å². The van der Waals surface area contributed by atoms with Crippen molar-refractivity contribution in [2.24, 2.45) is 7.05 Å². The van der Waals surface area contributed by atoms with Crippen molar-refractivity contribution in [1.29, 1.82) is 0 Å². The summed E-state index contributed by atoms with van der Waals surface area (Å²) in [5.41, 5.74) is 6.69. The molecule has 2 aromatic heterocycles. The molecule has 2 heterocycles. The molecule has 6 nitrogen and oxygen atoms in total. The van der Waals surface area contributed by atoms with Crippen molar-refractivity contribution in [2.45, 2.75) is 0 Å². The number of hydrogen-bond donors (Lipinski definition) is 2. The minimum absolute atomic E-state index is 0.00820. The molecule has 0 fully saturated rings. The fourth-order valence-corrected chi connectivity index (χ4v) is 2.05. The van der Waals surface area contributed by atoms with Crippen LogP contribution in [0.15, 0.2) is 23.1 Å². The third-order valence-corrected chi connectivity index (χ3v) is 3.13. The number of nitrogens with zero attached hydrogens (tertiary/aromatic N) is 2. The molecule has 2 aromatic rings. The molecule has 0 aliphatic rings. The van der Waals surface area contributed by atoms with E-state index in [1.807, 2.05) is 0 Å². The first-order valence-corrected chi connectivity index (χ1v) is 5.43. The molecule has 17 heavy (non-hydrogen) atoms. The van der Waals surface area contributed by atoms with Crippen LogP contribution >= 0.6 is 11.5 Å². The first-order chi connectivity index (χ1) is 8.00. The Balaban J connectivity index is 2.57. The van der Waals surface area contributed by atoms with E-state index in [1.165, 1.54) is 10.6 Å². The van der Waals surface area contributed by atoms with Gasteiger partial charge >= 0.3 is 5.97 Å². The van der Waals surface area contributed by atoms with E-state index in [0.717, 1.165) is 11.5 Å². The lowest BCUT2D eigenvalue weighted by molar-refractivity contribution is 0.0703. The fourth-order valence-electron chi connectivity index (χ4n) is 1.39. The smallest absolute Gasteiger partial charge is 0.349 e. The molecular formula is C10H9N3O3S. The molecule has 0 unspecified atom stereocenters. The van der Waals surface area contributed by atoms with Crippen LogP contribution in [0.1, 0.15) is 9.67 Å². The zero-order valence-corrected chi connectivity index (χ0v) is 9.69. The number of anilines is 1. The van der Waals surface area contributed by atoms with Crippen LogP contribution in [0.5, 0.6) is 0 Å². The molecule has 0 spiro atoms. The van der Waals surface area contributed by atoms with E-state index >= 15 is 0 Å². The molecule has 7 heteroatoms. The molecule has 0 aliphatic heterocycles. The van der Waals surface area contributed by atoms with E-state index < -0.39 is 5.97 Å². The summed E-state index contributed by atoms with van der Waals surface area (Å²) in [4.78, 5) is 22.1. The first kappa shape index (κ1) is 11.3. The van der Waals surface area contributed by atoms with Crippen molar-refractivity contribution in [2.75, 3.05) is 5.73 Å². The van der Waals surface area contributed by atoms with Crippen LogP contribution in [0, 0.1) is 0 Å². The minimum atomic E-state index is -1.10. The molecular weight excluding hydrogens is 242 g/mol. The lowest BCUT2D eigenvalue weighted by atomic mass is 10.1. The number of aryl methyl sites for hydroxylation is 1. The van der Waals surface area contributed by atoms with Crippen LogP contribution in [0.3, 0.4) is 0 Å². The van der Waals surface area contributed by atoms with E-state index in [0.29, 0.717) is 11.3 Å². The summed E-state index contributed by atoms with van der Waals surface area (Å²) in [5.74, 6) is -1.10. The van der Waals surface area contributed by atoms with Crippen LogP contribution < -0.4 is 11.3 Å². The molecule has 0 radical (unpaired) electrons. The summed E-state index contributed by atoms with van der Waals surface area (Å²) in [6, 6.07) is 2.95.